The standard InChI is InChI=1S/C12H12FN/c1-2-11-7-6-9-8-10(13)4-3-5-12(9)14-11/h3-4,6-8H,2,5H2,1H3. The van der Waals surface area contributed by atoms with Crippen molar-refractivity contribution in [1.29, 1.82) is 0 Å². The van der Waals surface area contributed by atoms with Gasteiger partial charge in [0.2, 0.25) is 0 Å². The SMILES string of the molecule is CCc1ccc2c(n1)CC=CC(F)=C2. The quantitative estimate of drug-likeness (QED) is 0.661. The Morgan fingerprint density at radius 2 is 2.29 bits per heavy atom. The first-order chi connectivity index (χ1) is 6.79. The minimum atomic E-state index is -0.199. The molecular weight excluding hydrogens is 177 g/mol. The molecule has 0 aromatic carbocycles. The molecule has 0 N–H and O–H groups in total. The van der Waals surface area contributed by atoms with Crippen molar-refractivity contribution in [3.8, 4) is 0 Å². The highest BCUT2D eigenvalue weighted by molar-refractivity contribution is 5.58. The Balaban J connectivity index is 2.48. The van der Waals surface area contributed by atoms with E-state index in [0.29, 0.717) is 6.42 Å². The third-order valence-corrected chi connectivity index (χ3v) is 2.31. The van der Waals surface area contributed by atoms with Gasteiger partial charge in [0, 0.05) is 12.1 Å². The Kier molecular flexibility index (Phi) is 2.44. The fourth-order valence-corrected chi connectivity index (χ4v) is 1.53. The number of hydrogen-bond acceptors (Lipinski definition) is 1. The van der Waals surface area contributed by atoms with Crippen LogP contribution in [0.5, 0.6) is 0 Å². The molecule has 1 aliphatic rings. The van der Waals surface area contributed by atoms with E-state index < -0.39 is 0 Å². The van der Waals surface area contributed by atoms with E-state index in [1.807, 2.05) is 18.2 Å². The van der Waals surface area contributed by atoms with E-state index in [-0.39, 0.29) is 5.83 Å². The molecule has 0 bridgehead atoms. The van der Waals surface area contributed by atoms with Crippen LogP contribution in [0.4, 0.5) is 4.39 Å². The van der Waals surface area contributed by atoms with Crippen molar-refractivity contribution in [2.45, 2.75) is 19.8 Å². The summed E-state index contributed by atoms with van der Waals surface area (Å²) in [5, 5.41) is 0. The third kappa shape index (κ3) is 1.74. The summed E-state index contributed by atoms with van der Waals surface area (Å²) in [4.78, 5) is 4.46. The van der Waals surface area contributed by atoms with Crippen LogP contribution in [0.1, 0.15) is 23.9 Å². The minimum Gasteiger partial charge on any atom is -0.257 e. The van der Waals surface area contributed by atoms with Crippen LogP contribution in [0.25, 0.3) is 6.08 Å². The van der Waals surface area contributed by atoms with Crippen LogP contribution < -0.4 is 0 Å². The highest BCUT2D eigenvalue weighted by Gasteiger charge is 2.05. The Hall–Kier alpha value is -1.44. The van der Waals surface area contributed by atoms with Gasteiger partial charge in [-0.25, -0.2) is 4.39 Å². The lowest BCUT2D eigenvalue weighted by molar-refractivity contribution is 0.674. The van der Waals surface area contributed by atoms with Gasteiger partial charge in [-0.2, -0.15) is 0 Å². The average Bonchev–Trinajstić information content (AvgIpc) is 2.37. The van der Waals surface area contributed by atoms with Gasteiger partial charge in [0.15, 0.2) is 0 Å². The zero-order valence-electron chi connectivity index (χ0n) is 8.13. The molecule has 2 heteroatoms. The van der Waals surface area contributed by atoms with Gasteiger partial charge in [0.25, 0.3) is 0 Å². The van der Waals surface area contributed by atoms with E-state index in [4.69, 9.17) is 0 Å². The molecule has 1 aliphatic carbocycles. The summed E-state index contributed by atoms with van der Waals surface area (Å²) in [6.07, 6.45) is 6.47. The molecule has 0 radical (unpaired) electrons. The summed E-state index contributed by atoms with van der Waals surface area (Å²) < 4.78 is 13.1. The van der Waals surface area contributed by atoms with Gasteiger partial charge >= 0.3 is 0 Å². The second-order valence-electron chi connectivity index (χ2n) is 3.33. The van der Waals surface area contributed by atoms with Gasteiger partial charge in [-0.1, -0.05) is 19.1 Å². The predicted molar refractivity (Wildman–Crippen MR) is 55.5 cm³/mol. The topological polar surface area (TPSA) is 12.9 Å². The Bertz CT molecular complexity index is 405. The van der Waals surface area contributed by atoms with Crippen LogP contribution in [0.15, 0.2) is 30.1 Å². The number of nitrogens with zero attached hydrogens (tertiary/aromatic N) is 1. The molecule has 1 aromatic heterocycles. The maximum atomic E-state index is 13.1. The molecule has 0 unspecified atom stereocenters. The summed E-state index contributed by atoms with van der Waals surface area (Å²) in [5.74, 6) is -0.199. The molecule has 1 nitrogen and oxygen atoms in total. The van der Waals surface area contributed by atoms with E-state index in [1.54, 1.807) is 0 Å². The van der Waals surface area contributed by atoms with Gasteiger partial charge in [0.05, 0.1) is 5.69 Å². The zero-order chi connectivity index (χ0) is 9.97. The predicted octanol–water partition coefficient (Wildman–Crippen LogP) is 3.07. The first kappa shape index (κ1) is 9.13. The number of hydrogen-bond donors (Lipinski definition) is 0. The molecule has 14 heavy (non-hydrogen) atoms. The van der Waals surface area contributed by atoms with Crippen LogP contribution in [-0.2, 0) is 12.8 Å². The lowest BCUT2D eigenvalue weighted by Gasteiger charge is -2.03. The van der Waals surface area contributed by atoms with E-state index in [0.717, 1.165) is 23.4 Å². The Labute approximate surface area is 83.0 Å². The highest BCUT2D eigenvalue weighted by Crippen LogP contribution is 2.18. The van der Waals surface area contributed by atoms with Crippen LogP contribution in [0.2, 0.25) is 0 Å². The lowest BCUT2D eigenvalue weighted by Crippen LogP contribution is -1.96. The smallest absolute Gasteiger partial charge is 0.123 e. The second kappa shape index (κ2) is 3.74. The summed E-state index contributed by atoms with van der Waals surface area (Å²) in [6.45, 7) is 2.07. The van der Waals surface area contributed by atoms with Crippen molar-refractivity contribution in [3.63, 3.8) is 0 Å². The van der Waals surface area contributed by atoms with Crippen molar-refractivity contribution in [3.05, 3.63) is 47.1 Å². The molecule has 2 rings (SSSR count). The maximum absolute atomic E-state index is 13.1. The summed E-state index contributed by atoms with van der Waals surface area (Å²) in [6, 6.07) is 3.89. The number of allylic oxidation sites excluding steroid dienone is 3. The molecule has 1 heterocycles. The highest BCUT2D eigenvalue weighted by atomic mass is 19.1. The van der Waals surface area contributed by atoms with Gasteiger partial charge in [0.1, 0.15) is 5.83 Å². The molecule has 0 saturated heterocycles. The van der Waals surface area contributed by atoms with Crippen molar-refractivity contribution >= 4 is 6.08 Å². The molecule has 0 saturated carbocycles. The fraction of sp³-hybridized carbons (Fsp3) is 0.250. The van der Waals surface area contributed by atoms with E-state index in [2.05, 4.69) is 11.9 Å². The number of pyridine rings is 1. The number of rotatable bonds is 1. The van der Waals surface area contributed by atoms with E-state index in [9.17, 15) is 4.39 Å². The zero-order valence-corrected chi connectivity index (χ0v) is 8.13. The van der Waals surface area contributed by atoms with Crippen molar-refractivity contribution in [2.75, 3.05) is 0 Å². The van der Waals surface area contributed by atoms with Crippen molar-refractivity contribution < 1.29 is 4.39 Å². The molecule has 0 amide bonds. The lowest BCUT2D eigenvalue weighted by atomic mass is 10.1. The maximum Gasteiger partial charge on any atom is 0.123 e. The number of halogens is 1. The van der Waals surface area contributed by atoms with Gasteiger partial charge in [-0.05, 0) is 30.2 Å². The summed E-state index contributed by atoms with van der Waals surface area (Å²) >= 11 is 0. The number of aryl methyl sites for hydroxylation is 1. The first-order valence-corrected chi connectivity index (χ1v) is 4.82. The summed E-state index contributed by atoms with van der Waals surface area (Å²) in [5.41, 5.74) is 2.92. The van der Waals surface area contributed by atoms with Crippen LogP contribution in [0.3, 0.4) is 0 Å². The van der Waals surface area contributed by atoms with Gasteiger partial charge in [-0.15, -0.1) is 0 Å². The first-order valence-electron chi connectivity index (χ1n) is 4.82. The van der Waals surface area contributed by atoms with Crippen molar-refractivity contribution in [1.82, 2.24) is 4.98 Å². The van der Waals surface area contributed by atoms with Gasteiger partial charge in [-0.3, -0.25) is 4.98 Å². The molecular formula is C12H12FN. The van der Waals surface area contributed by atoms with Crippen molar-refractivity contribution in [2.24, 2.45) is 0 Å². The molecule has 72 valence electrons. The third-order valence-electron chi connectivity index (χ3n) is 2.31. The van der Waals surface area contributed by atoms with E-state index in [1.165, 1.54) is 12.2 Å². The average molecular weight is 189 g/mol. The normalized spacial score (nSPS) is 14.6. The Morgan fingerprint density at radius 3 is 3.07 bits per heavy atom. The monoisotopic (exact) mass is 189 g/mol. The van der Waals surface area contributed by atoms with E-state index >= 15 is 0 Å². The molecule has 0 aliphatic heterocycles. The van der Waals surface area contributed by atoms with Gasteiger partial charge < -0.3 is 0 Å². The number of aromatic nitrogens is 1. The second-order valence-corrected chi connectivity index (χ2v) is 3.33. The molecule has 1 aromatic rings. The van der Waals surface area contributed by atoms with Crippen LogP contribution >= 0.6 is 0 Å². The number of fused-ring (bicyclic) bond motifs is 1. The largest absolute Gasteiger partial charge is 0.257 e. The van der Waals surface area contributed by atoms with Crippen LogP contribution in [-0.4, -0.2) is 4.98 Å². The van der Waals surface area contributed by atoms with Crippen LogP contribution in [0, 0.1) is 0 Å². The fourth-order valence-electron chi connectivity index (χ4n) is 1.53. The Morgan fingerprint density at radius 1 is 1.43 bits per heavy atom. The summed E-state index contributed by atoms with van der Waals surface area (Å²) in [7, 11) is 0. The molecule has 0 fully saturated rings. The molecule has 0 spiro atoms. The minimum absolute atomic E-state index is 0.199. The molecule has 0 atom stereocenters.